The fraction of sp³-hybridized carbons (Fsp3) is 0.458. The highest BCUT2D eigenvalue weighted by Gasteiger charge is 2.34. The molecule has 35 heavy (non-hydrogen) atoms. The van der Waals surface area contributed by atoms with Crippen molar-refractivity contribution < 1.29 is 26.7 Å². The van der Waals surface area contributed by atoms with Gasteiger partial charge < -0.3 is 9.47 Å². The van der Waals surface area contributed by atoms with E-state index in [4.69, 9.17) is 14.7 Å². The lowest BCUT2D eigenvalue weighted by atomic mass is 10.1. The van der Waals surface area contributed by atoms with Gasteiger partial charge >= 0.3 is 0 Å². The van der Waals surface area contributed by atoms with Crippen molar-refractivity contribution in [3.63, 3.8) is 0 Å². The monoisotopic (exact) mass is 506 g/mol. The third-order valence-corrected chi connectivity index (χ3v) is 7.49. The van der Waals surface area contributed by atoms with Gasteiger partial charge in [0.15, 0.2) is 11.6 Å². The average molecular weight is 507 g/mol. The van der Waals surface area contributed by atoms with Crippen LogP contribution in [0.1, 0.15) is 12.0 Å². The average Bonchev–Trinajstić information content (AvgIpc) is 2.83. The minimum atomic E-state index is -3.63. The quantitative estimate of drug-likeness (QED) is 0.493. The molecule has 2 aliphatic rings. The largest absolute Gasteiger partial charge is 0.490 e. The van der Waals surface area contributed by atoms with Gasteiger partial charge in [0.05, 0.1) is 35.3 Å². The lowest BCUT2D eigenvalue weighted by Crippen LogP contribution is -2.60. The van der Waals surface area contributed by atoms with E-state index < -0.39 is 21.7 Å². The Labute approximate surface area is 204 Å². The van der Waals surface area contributed by atoms with Crippen molar-refractivity contribution in [3.05, 3.63) is 59.7 Å². The van der Waals surface area contributed by atoms with Crippen LogP contribution in [0.15, 0.2) is 47.4 Å². The summed E-state index contributed by atoms with van der Waals surface area (Å²) in [5, 5.41) is 8.85. The Morgan fingerprint density at radius 1 is 1.03 bits per heavy atom. The third kappa shape index (κ3) is 6.96. The Hall–Kier alpha value is -2.62. The molecule has 8 nitrogen and oxygen atoms in total. The predicted octanol–water partition coefficient (Wildman–Crippen LogP) is 1.97. The van der Waals surface area contributed by atoms with Gasteiger partial charge in [0.25, 0.3) is 0 Å². The number of hydrogen-bond donors (Lipinski definition) is 1. The van der Waals surface area contributed by atoms with Crippen LogP contribution in [0.3, 0.4) is 0 Å². The molecule has 2 aromatic rings. The predicted molar refractivity (Wildman–Crippen MR) is 124 cm³/mol. The molecule has 2 heterocycles. The molecule has 0 aliphatic carbocycles. The number of nitrogens with zero attached hydrogens (tertiary/aromatic N) is 3. The molecule has 0 radical (unpaired) electrons. The molecule has 2 saturated heterocycles. The molecule has 0 aromatic heterocycles. The van der Waals surface area contributed by atoms with Gasteiger partial charge in [-0.3, -0.25) is 9.80 Å². The Balaban J connectivity index is 1.17. The Bertz CT molecular complexity index is 1140. The number of fused-ring (bicyclic) bond motifs is 2. The first-order valence-corrected chi connectivity index (χ1v) is 13.0. The summed E-state index contributed by atoms with van der Waals surface area (Å²) in [5.74, 6) is -1.19. The van der Waals surface area contributed by atoms with Gasteiger partial charge in [-0.2, -0.15) is 5.26 Å². The summed E-state index contributed by atoms with van der Waals surface area (Å²) in [4.78, 5) is 4.62. The van der Waals surface area contributed by atoms with E-state index in [1.807, 2.05) is 6.07 Å². The van der Waals surface area contributed by atoms with Crippen LogP contribution in [0.4, 0.5) is 8.78 Å². The van der Waals surface area contributed by atoms with Crippen molar-refractivity contribution in [1.29, 1.82) is 5.26 Å². The molecule has 11 heteroatoms. The highest BCUT2D eigenvalue weighted by molar-refractivity contribution is 7.89. The normalized spacial score (nSPS) is 20.9. The van der Waals surface area contributed by atoms with Gasteiger partial charge in [-0.1, -0.05) is 0 Å². The summed E-state index contributed by atoms with van der Waals surface area (Å²) >= 11 is 0. The van der Waals surface area contributed by atoms with Crippen LogP contribution < -0.4 is 9.46 Å². The molecule has 0 spiro atoms. The molecule has 188 valence electrons. The van der Waals surface area contributed by atoms with E-state index >= 15 is 0 Å². The highest BCUT2D eigenvalue weighted by Crippen LogP contribution is 2.20. The van der Waals surface area contributed by atoms with Crippen LogP contribution in [-0.2, 0) is 14.8 Å². The van der Waals surface area contributed by atoms with Crippen molar-refractivity contribution in [2.75, 3.05) is 52.4 Å². The Kier molecular flexibility index (Phi) is 8.30. The summed E-state index contributed by atoms with van der Waals surface area (Å²) in [5.41, 5.74) is 0.408. The SMILES string of the molecule is N#Cc1ccc(S(=O)(=O)NCCN2CC3CN(CCCOc4cc(F)ccc4F)CC(C2)O3)cc1. The topological polar surface area (TPSA) is 94.9 Å². The fourth-order valence-electron chi connectivity index (χ4n) is 4.41. The zero-order valence-electron chi connectivity index (χ0n) is 19.2. The number of nitriles is 1. The van der Waals surface area contributed by atoms with Gasteiger partial charge in [-0.05, 0) is 42.8 Å². The summed E-state index contributed by atoms with van der Waals surface area (Å²) in [6, 6.07) is 10.9. The maximum Gasteiger partial charge on any atom is 0.240 e. The first-order chi connectivity index (χ1) is 16.8. The minimum Gasteiger partial charge on any atom is -0.490 e. The number of hydrogen-bond acceptors (Lipinski definition) is 7. The molecular weight excluding hydrogens is 478 g/mol. The molecule has 2 atom stereocenters. The smallest absolute Gasteiger partial charge is 0.240 e. The molecule has 2 unspecified atom stereocenters. The van der Waals surface area contributed by atoms with Gasteiger partial charge in [0.2, 0.25) is 10.0 Å². The Morgan fingerprint density at radius 3 is 2.34 bits per heavy atom. The summed E-state index contributed by atoms with van der Waals surface area (Å²) < 4.78 is 65.9. The van der Waals surface area contributed by atoms with Crippen molar-refractivity contribution in [3.8, 4) is 11.8 Å². The van der Waals surface area contributed by atoms with Crippen molar-refractivity contribution in [1.82, 2.24) is 14.5 Å². The lowest BCUT2D eigenvalue weighted by Gasteiger charge is -2.45. The Morgan fingerprint density at radius 2 is 1.69 bits per heavy atom. The van der Waals surface area contributed by atoms with E-state index in [1.165, 1.54) is 24.3 Å². The van der Waals surface area contributed by atoms with Gasteiger partial charge in [-0.15, -0.1) is 0 Å². The number of morpholine rings is 2. The molecule has 2 bridgehead atoms. The highest BCUT2D eigenvalue weighted by atomic mass is 32.2. The number of halogens is 2. The third-order valence-electron chi connectivity index (χ3n) is 6.02. The van der Waals surface area contributed by atoms with E-state index in [-0.39, 0.29) is 29.4 Å². The lowest BCUT2D eigenvalue weighted by molar-refractivity contribution is -0.138. The molecule has 0 amide bonds. The van der Waals surface area contributed by atoms with Crippen molar-refractivity contribution >= 4 is 10.0 Å². The summed E-state index contributed by atoms with van der Waals surface area (Å²) in [7, 11) is -3.63. The first-order valence-electron chi connectivity index (χ1n) is 11.5. The molecular formula is C24H28F2N4O4S. The molecule has 2 fully saturated rings. The van der Waals surface area contributed by atoms with Crippen LogP contribution in [0.2, 0.25) is 0 Å². The number of sulfonamides is 1. The second-order valence-corrected chi connectivity index (χ2v) is 10.5. The van der Waals surface area contributed by atoms with Crippen LogP contribution in [0, 0.1) is 23.0 Å². The zero-order valence-corrected chi connectivity index (χ0v) is 20.0. The number of nitrogens with one attached hydrogen (secondary N) is 1. The first kappa shape index (κ1) is 25.5. The van der Waals surface area contributed by atoms with Crippen molar-refractivity contribution in [2.24, 2.45) is 0 Å². The fourth-order valence-corrected chi connectivity index (χ4v) is 5.44. The van der Waals surface area contributed by atoms with E-state index in [1.54, 1.807) is 0 Å². The minimum absolute atomic E-state index is 0.0271. The molecule has 2 aromatic carbocycles. The number of benzene rings is 2. The number of ether oxygens (including phenoxy) is 2. The summed E-state index contributed by atoms with van der Waals surface area (Å²) in [6.07, 6.45) is 0.731. The second kappa shape index (κ2) is 11.4. The van der Waals surface area contributed by atoms with E-state index in [0.717, 1.165) is 37.8 Å². The molecule has 1 N–H and O–H groups in total. The van der Waals surface area contributed by atoms with Gasteiger partial charge in [0, 0.05) is 51.9 Å². The summed E-state index contributed by atoms with van der Waals surface area (Å²) in [6.45, 7) is 4.80. The zero-order chi connectivity index (χ0) is 24.8. The van der Waals surface area contributed by atoms with Gasteiger partial charge in [0.1, 0.15) is 5.82 Å². The number of rotatable bonds is 10. The van der Waals surface area contributed by atoms with E-state index in [2.05, 4.69) is 14.5 Å². The maximum absolute atomic E-state index is 13.6. The maximum atomic E-state index is 13.6. The molecule has 4 rings (SSSR count). The van der Waals surface area contributed by atoms with Crippen LogP contribution >= 0.6 is 0 Å². The molecule has 0 saturated carbocycles. The van der Waals surface area contributed by atoms with Crippen LogP contribution in [0.5, 0.6) is 5.75 Å². The van der Waals surface area contributed by atoms with E-state index in [9.17, 15) is 17.2 Å². The van der Waals surface area contributed by atoms with Gasteiger partial charge in [-0.25, -0.2) is 21.9 Å². The molecule has 2 aliphatic heterocycles. The van der Waals surface area contributed by atoms with E-state index in [0.29, 0.717) is 38.2 Å². The van der Waals surface area contributed by atoms with Crippen LogP contribution in [0.25, 0.3) is 0 Å². The van der Waals surface area contributed by atoms with Crippen LogP contribution in [-0.4, -0.2) is 82.8 Å². The van der Waals surface area contributed by atoms with Crippen molar-refractivity contribution in [2.45, 2.75) is 23.5 Å². The second-order valence-electron chi connectivity index (χ2n) is 8.71. The standard InChI is InChI=1S/C24H28F2N4O4S/c25-19-4-7-23(26)24(12-19)33-11-1-9-29-14-20-16-30(17-21(15-29)34-20)10-8-28-35(31,32)22-5-2-18(13-27)3-6-22/h2-7,12,20-21,28H,1,8-11,14-17H2.